The summed E-state index contributed by atoms with van der Waals surface area (Å²) in [5.74, 6) is 2.42. The molecule has 0 spiro atoms. The third kappa shape index (κ3) is 3.12. The van der Waals surface area contributed by atoms with Gasteiger partial charge in [0.25, 0.3) is 0 Å². The number of piperidine rings is 1. The van der Waals surface area contributed by atoms with Crippen molar-refractivity contribution < 1.29 is 10.0 Å². The molecule has 0 aliphatic carbocycles. The van der Waals surface area contributed by atoms with Crippen molar-refractivity contribution in [2.45, 2.75) is 39.7 Å². The predicted octanol–water partition coefficient (Wildman–Crippen LogP) is 2.71. The van der Waals surface area contributed by atoms with Crippen LogP contribution < -0.4 is 4.90 Å². The van der Waals surface area contributed by atoms with Gasteiger partial charge in [-0.1, -0.05) is 62.4 Å². The highest BCUT2D eigenvalue weighted by molar-refractivity contribution is 7.17. The lowest BCUT2D eigenvalue weighted by atomic mass is 9.89. The first-order valence-electron chi connectivity index (χ1n) is 9.53. The first kappa shape index (κ1) is 17.5. The molecule has 3 aromatic rings. The normalized spacial score (nSPS) is 24.8. The van der Waals surface area contributed by atoms with Gasteiger partial charge in [-0.2, -0.15) is 4.52 Å². The number of fused-ring (bicyclic) bond motifs is 1. The molecule has 1 unspecified atom stereocenters. The van der Waals surface area contributed by atoms with E-state index in [0.717, 1.165) is 35.2 Å². The van der Waals surface area contributed by atoms with Crippen molar-refractivity contribution in [1.29, 1.82) is 0 Å². The van der Waals surface area contributed by atoms with Gasteiger partial charge in [-0.15, -0.1) is 5.10 Å². The van der Waals surface area contributed by atoms with Crippen molar-refractivity contribution in [2.75, 3.05) is 13.1 Å². The van der Waals surface area contributed by atoms with Crippen molar-refractivity contribution >= 4 is 16.3 Å². The van der Waals surface area contributed by atoms with Gasteiger partial charge in [-0.05, 0) is 6.42 Å². The van der Waals surface area contributed by atoms with Crippen LogP contribution in [0.3, 0.4) is 0 Å². The molecule has 1 saturated heterocycles. The van der Waals surface area contributed by atoms with Gasteiger partial charge in [0.15, 0.2) is 11.9 Å². The van der Waals surface area contributed by atoms with Crippen molar-refractivity contribution in [3.05, 3.63) is 46.6 Å². The maximum absolute atomic E-state index is 11.0. The van der Waals surface area contributed by atoms with Crippen molar-refractivity contribution in [3.63, 3.8) is 0 Å². The van der Waals surface area contributed by atoms with Crippen LogP contribution in [0.4, 0.5) is 0 Å². The zero-order chi connectivity index (χ0) is 18.3. The number of aromatic nitrogens is 3. The van der Waals surface area contributed by atoms with Crippen LogP contribution >= 0.6 is 11.3 Å². The van der Waals surface area contributed by atoms with Gasteiger partial charge in [-0.3, -0.25) is 0 Å². The largest absolute Gasteiger partial charge is 0.492 e. The van der Waals surface area contributed by atoms with E-state index in [1.807, 2.05) is 13.0 Å². The second kappa shape index (κ2) is 7.00. The monoisotopic (exact) mass is 371 g/mol. The molecule has 5 nitrogen and oxygen atoms in total. The van der Waals surface area contributed by atoms with E-state index in [4.69, 9.17) is 0 Å². The smallest absolute Gasteiger partial charge is 0.235 e. The number of hydrogen-bond acceptors (Lipinski definition) is 4. The number of thiazole rings is 1. The quantitative estimate of drug-likeness (QED) is 0.741. The van der Waals surface area contributed by atoms with Crippen molar-refractivity contribution in [2.24, 2.45) is 11.8 Å². The zero-order valence-electron chi connectivity index (χ0n) is 15.6. The second-order valence-corrected chi connectivity index (χ2v) is 8.73. The molecule has 0 bridgehead atoms. The lowest BCUT2D eigenvalue weighted by Gasteiger charge is -2.36. The van der Waals surface area contributed by atoms with E-state index < -0.39 is 0 Å². The van der Waals surface area contributed by atoms with Gasteiger partial charge in [0, 0.05) is 23.8 Å². The molecule has 1 fully saturated rings. The van der Waals surface area contributed by atoms with Gasteiger partial charge in [0.1, 0.15) is 4.88 Å². The number of hydrogen-bond donors (Lipinski definition) is 2. The third-order valence-corrected chi connectivity index (χ3v) is 6.47. The van der Waals surface area contributed by atoms with Crippen LogP contribution in [0, 0.1) is 11.8 Å². The Labute approximate surface area is 158 Å². The number of benzene rings is 1. The fourth-order valence-corrected chi connectivity index (χ4v) is 5.57. The summed E-state index contributed by atoms with van der Waals surface area (Å²) in [5, 5.41) is 15.4. The van der Waals surface area contributed by atoms with E-state index in [1.165, 1.54) is 16.9 Å². The van der Waals surface area contributed by atoms with Crippen LogP contribution in [-0.4, -0.2) is 32.8 Å². The van der Waals surface area contributed by atoms with Crippen LogP contribution in [0.25, 0.3) is 4.96 Å². The Kier molecular flexibility index (Phi) is 4.71. The minimum Gasteiger partial charge on any atom is -0.492 e. The fraction of sp³-hybridized carbons (Fsp3) is 0.500. The second-order valence-electron chi connectivity index (χ2n) is 7.72. The molecule has 0 amide bonds. The maximum Gasteiger partial charge on any atom is 0.235 e. The highest BCUT2D eigenvalue weighted by atomic mass is 32.1. The van der Waals surface area contributed by atoms with Gasteiger partial charge in [0.05, 0.1) is 13.1 Å². The Morgan fingerprint density at radius 1 is 1.23 bits per heavy atom. The molecular weight excluding hydrogens is 344 g/mol. The highest BCUT2D eigenvalue weighted by Gasteiger charge is 2.36. The number of rotatable bonds is 4. The molecule has 2 aromatic heterocycles. The van der Waals surface area contributed by atoms with E-state index in [-0.39, 0.29) is 11.9 Å². The molecule has 2 N–H and O–H groups in total. The van der Waals surface area contributed by atoms with Crippen molar-refractivity contribution in [3.8, 4) is 5.88 Å². The summed E-state index contributed by atoms with van der Waals surface area (Å²) in [4.78, 5) is 7.85. The molecule has 4 atom stereocenters. The maximum atomic E-state index is 11.0. The molecule has 4 rings (SSSR count). The van der Waals surface area contributed by atoms with Crippen LogP contribution in [-0.2, 0) is 6.42 Å². The SMILES string of the molecule is CCc1nc2sc([C@@H](c3ccccc3)[NH+]3C[C@H](C)C[C@H](C)C3)c(O)n2n1. The number of nitrogens with zero attached hydrogens (tertiary/aromatic N) is 3. The highest BCUT2D eigenvalue weighted by Crippen LogP contribution is 2.35. The average molecular weight is 372 g/mol. The standard InChI is InChI=1S/C20H26N4OS/c1-4-16-21-20-24(22-16)19(25)18(26-20)17(15-8-6-5-7-9-15)23-11-13(2)10-14(3)12-23/h5-9,13-14,17,25H,4,10-12H2,1-3H3/p+1/t13-,14+,17-/m1/s1. The van der Waals surface area contributed by atoms with Crippen LogP contribution in [0.15, 0.2) is 30.3 Å². The van der Waals surface area contributed by atoms with E-state index in [1.54, 1.807) is 15.9 Å². The summed E-state index contributed by atoms with van der Waals surface area (Å²) >= 11 is 1.58. The third-order valence-electron chi connectivity index (χ3n) is 5.39. The van der Waals surface area contributed by atoms with Crippen LogP contribution in [0.5, 0.6) is 5.88 Å². The van der Waals surface area contributed by atoms with Gasteiger partial charge >= 0.3 is 0 Å². The Morgan fingerprint density at radius 3 is 2.54 bits per heavy atom. The predicted molar refractivity (Wildman–Crippen MR) is 104 cm³/mol. The topological polar surface area (TPSA) is 54.9 Å². The summed E-state index contributed by atoms with van der Waals surface area (Å²) in [6.07, 6.45) is 2.06. The Balaban J connectivity index is 1.80. The van der Waals surface area contributed by atoms with E-state index in [0.29, 0.717) is 11.8 Å². The molecule has 1 aliphatic rings. The average Bonchev–Trinajstić information content (AvgIpc) is 3.15. The van der Waals surface area contributed by atoms with Crippen LogP contribution in [0.2, 0.25) is 0 Å². The summed E-state index contributed by atoms with van der Waals surface area (Å²) in [6, 6.07) is 10.7. The Bertz CT molecular complexity index is 878. The zero-order valence-corrected chi connectivity index (χ0v) is 16.5. The number of nitrogens with one attached hydrogen (secondary N) is 1. The number of aryl methyl sites for hydroxylation is 1. The molecule has 3 heterocycles. The van der Waals surface area contributed by atoms with E-state index >= 15 is 0 Å². The summed E-state index contributed by atoms with van der Waals surface area (Å²) in [6.45, 7) is 8.96. The summed E-state index contributed by atoms with van der Waals surface area (Å²) in [5.41, 5.74) is 1.25. The minimum absolute atomic E-state index is 0.125. The first-order valence-corrected chi connectivity index (χ1v) is 10.3. The van der Waals surface area contributed by atoms with Crippen molar-refractivity contribution in [1.82, 2.24) is 14.6 Å². The number of quaternary nitrogens is 1. The molecule has 0 saturated carbocycles. The summed E-state index contributed by atoms with van der Waals surface area (Å²) in [7, 11) is 0. The Hall–Kier alpha value is -1.92. The molecule has 138 valence electrons. The molecule has 0 radical (unpaired) electrons. The van der Waals surface area contributed by atoms with Gasteiger partial charge < -0.3 is 10.0 Å². The van der Waals surface area contributed by atoms with Gasteiger partial charge in [-0.25, -0.2) is 4.98 Å². The summed E-state index contributed by atoms with van der Waals surface area (Å²) < 4.78 is 1.62. The minimum atomic E-state index is 0.125. The number of aromatic hydroxyl groups is 1. The lowest BCUT2D eigenvalue weighted by molar-refractivity contribution is -0.936. The number of likely N-dealkylation sites (tertiary alicyclic amines) is 1. The van der Waals surface area contributed by atoms with Crippen LogP contribution in [0.1, 0.15) is 49.5 Å². The first-order chi connectivity index (χ1) is 12.6. The van der Waals surface area contributed by atoms with Gasteiger partial charge in [0.2, 0.25) is 10.8 Å². The lowest BCUT2D eigenvalue weighted by Crippen LogP contribution is -3.14. The Morgan fingerprint density at radius 2 is 1.92 bits per heavy atom. The van der Waals surface area contributed by atoms with E-state index in [9.17, 15) is 5.11 Å². The molecule has 1 aliphatic heterocycles. The molecular formula is C20H27N4OS+. The van der Waals surface area contributed by atoms with E-state index in [2.05, 4.69) is 48.2 Å². The molecule has 1 aromatic carbocycles. The molecule has 26 heavy (non-hydrogen) atoms. The fourth-order valence-electron chi connectivity index (χ4n) is 4.41. The molecule has 6 heteroatoms.